The molecule has 3 heterocycles. The summed E-state index contributed by atoms with van der Waals surface area (Å²) in [6.07, 6.45) is 5.91. The maximum atomic E-state index is 13.1. The fourth-order valence-corrected chi connectivity index (χ4v) is 6.41. The molecule has 2 aromatic heterocycles. The highest BCUT2D eigenvalue weighted by molar-refractivity contribution is 7.15. The molecule has 1 aliphatic rings. The standard InChI is InChI=1S/C32H43ClN6O3S/c1-20-21(2)43-30-27(20)28(23-13-15-24(33)16-14-23)36-25(29-38-37-22(3)39(29)30)19-26(40)34-17-11-9-7-8-10-12-18-35-31(41)42-32(4,5)6/h13-16,25H,7-12,17-19H2,1-6H3,(H,34,40)(H,35,41)/t25-/m0/s1. The van der Waals surface area contributed by atoms with Gasteiger partial charge in [0.2, 0.25) is 5.91 Å². The number of aliphatic imine (C=N–C) groups is 1. The number of benzene rings is 1. The molecule has 0 spiro atoms. The van der Waals surface area contributed by atoms with Crippen LogP contribution in [0.25, 0.3) is 5.00 Å². The largest absolute Gasteiger partial charge is 0.444 e. The third-order valence-electron chi connectivity index (χ3n) is 7.33. The highest BCUT2D eigenvalue weighted by Gasteiger charge is 2.32. The SMILES string of the molecule is Cc1sc2c(c1C)C(c1ccc(Cl)cc1)=N[C@@H](CC(=O)NCCCCCCCCNC(=O)OC(C)(C)C)c1nnc(C)n1-2. The van der Waals surface area contributed by atoms with Gasteiger partial charge in [-0.1, -0.05) is 49.4 Å². The maximum absolute atomic E-state index is 13.1. The summed E-state index contributed by atoms with van der Waals surface area (Å²) in [5.41, 5.74) is 3.54. The molecule has 9 nitrogen and oxygen atoms in total. The summed E-state index contributed by atoms with van der Waals surface area (Å²) in [5.74, 6) is 1.40. The average molecular weight is 627 g/mol. The third-order valence-corrected chi connectivity index (χ3v) is 8.77. The van der Waals surface area contributed by atoms with Crippen LogP contribution in [-0.4, -0.2) is 51.2 Å². The van der Waals surface area contributed by atoms with E-state index in [9.17, 15) is 9.59 Å². The van der Waals surface area contributed by atoms with Crippen molar-refractivity contribution < 1.29 is 14.3 Å². The van der Waals surface area contributed by atoms with E-state index in [-0.39, 0.29) is 18.4 Å². The molecule has 232 valence electrons. The lowest BCUT2D eigenvalue weighted by Crippen LogP contribution is -2.32. The monoisotopic (exact) mass is 626 g/mol. The van der Waals surface area contributed by atoms with Gasteiger partial charge in [0.15, 0.2) is 5.82 Å². The molecular weight excluding hydrogens is 584 g/mol. The first kappa shape index (κ1) is 32.7. The molecule has 0 bridgehead atoms. The van der Waals surface area contributed by atoms with Gasteiger partial charge in [-0.05, 0) is 72.1 Å². The number of hydrogen-bond acceptors (Lipinski definition) is 7. The predicted octanol–water partition coefficient (Wildman–Crippen LogP) is 7.17. The topological polar surface area (TPSA) is 110 Å². The molecule has 4 rings (SSSR count). The Kier molecular flexibility index (Phi) is 11.0. The summed E-state index contributed by atoms with van der Waals surface area (Å²) < 4.78 is 7.31. The van der Waals surface area contributed by atoms with Crippen LogP contribution < -0.4 is 10.6 Å². The number of rotatable bonds is 12. The van der Waals surface area contributed by atoms with Crippen molar-refractivity contribution in [1.29, 1.82) is 0 Å². The number of nitrogens with one attached hydrogen (secondary N) is 2. The second-order valence-corrected chi connectivity index (χ2v) is 13.6. The molecule has 0 aliphatic carbocycles. The fraction of sp³-hybridized carbons (Fsp3) is 0.531. The normalized spacial score (nSPS) is 14.4. The van der Waals surface area contributed by atoms with Crippen LogP contribution >= 0.6 is 22.9 Å². The minimum Gasteiger partial charge on any atom is -0.444 e. The van der Waals surface area contributed by atoms with Crippen molar-refractivity contribution in [1.82, 2.24) is 25.4 Å². The zero-order valence-corrected chi connectivity index (χ0v) is 27.6. The van der Waals surface area contributed by atoms with Gasteiger partial charge in [0.05, 0.1) is 12.1 Å². The van der Waals surface area contributed by atoms with E-state index in [0.717, 1.165) is 71.8 Å². The zero-order valence-electron chi connectivity index (χ0n) is 26.1. The summed E-state index contributed by atoms with van der Waals surface area (Å²) in [7, 11) is 0. The van der Waals surface area contributed by atoms with E-state index >= 15 is 0 Å². The maximum Gasteiger partial charge on any atom is 0.407 e. The van der Waals surface area contributed by atoms with Gasteiger partial charge in [0.25, 0.3) is 0 Å². The highest BCUT2D eigenvalue weighted by Crippen LogP contribution is 2.39. The van der Waals surface area contributed by atoms with E-state index in [1.54, 1.807) is 11.3 Å². The van der Waals surface area contributed by atoms with Gasteiger partial charge >= 0.3 is 6.09 Å². The molecule has 0 fully saturated rings. The number of carbonyl (C=O) groups excluding carboxylic acids is 2. The van der Waals surface area contributed by atoms with Crippen molar-refractivity contribution in [3.05, 3.63) is 62.5 Å². The zero-order chi connectivity index (χ0) is 31.1. The van der Waals surface area contributed by atoms with Crippen LogP contribution in [0.15, 0.2) is 29.3 Å². The van der Waals surface area contributed by atoms with E-state index in [1.165, 1.54) is 4.88 Å². The molecule has 1 aromatic carbocycles. The second-order valence-electron chi connectivity index (χ2n) is 12.0. The number of nitrogens with zero attached hydrogens (tertiary/aromatic N) is 4. The Morgan fingerprint density at radius 3 is 2.23 bits per heavy atom. The average Bonchev–Trinajstić information content (AvgIpc) is 3.41. The molecule has 43 heavy (non-hydrogen) atoms. The van der Waals surface area contributed by atoms with Crippen molar-refractivity contribution in [2.75, 3.05) is 13.1 Å². The van der Waals surface area contributed by atoms with E-state index in [1.807, 2.05) is 52.0 Å². The minimum atomic E-state index is -0.479. The quantitative estimate of drug-likeness (QED) is 0.207. The Balaban J connectivity index is 1.30. The molecule has 0 saturated heterocycles. The molecule has 2 amide bonds. The number of carbonyl (C=O) groups is 2. The third kappa shape index (κ3) is 8.66. The first-order valence-corrected chi connectivity index (χ1v) is 16.2. The smallest absolute Gasteiger partial charge is 0.407 e. The number of halogens is 1. The van der Waals surface area contributed by atoms with Crippen LogP contribution in [0.5, 0.6) is 0 Å². The van der Waals surface area contributed by atoms with Crippen molar-refractivity contribution in [3.63, 3.8) is 0 Å². The molecule has 11 heteroatoms. The predicted molar refractivity (Wildman–Crippen MR) is 173 cm³/mol. The van der Waals surface area contributed by atoms with Gasteiger partial charge < -0.3 is 15.4 Å². The van der Waals surface area contributed by atoms with Gasteiger partial charge in [-0.2, -0.15) is 0 Å². The summed E-state index contributed by atoms with van der Waals surface area (Å²) in [6, 6.07) is 7.22. The number of hydrogen-bond donors (Lipinski definition) is 2. The Hall–Kier alpha value is -3.24. The molecule has 2 N–H and O–H groups in total. The number of aryl methyl sites for hydroxylation is 2. The highest BCUT2D eigenvalue weighted by atomic mass is 35.5. The number of amides is 2. The molecule has 0 unspecified atom stereocenters. The molecular formula is C32H43ClN6O3S. The minimum absolute atomic E-state index is 0.0530. The van der Waals surface area contributed by atoms with E-state index in [2.05, 4.69) is 39.2 Å². The lowest BCUT2D eigenvalue weighted by Gasteiger charge is -2.19. The van der Waals surface area contributed by atoms with Crippen molar-refractivity contribution >= 4 is 40.6 Å². The van der Waals surface area contributed by atoms with Gasteiger partial charge in [-0.25, -0.2) is 4.79 Å². The van der Waals surface area contributed by atoms with Crippen molar-refractivity contribution in [2.24, 2.45) is 4.99 Å². The first-order chi connectivity index (χ1) is 20.4. The molecule has 1 aliphatic heterocycles. The van der Waals surface area contributed by atoms with Crippen LogP contribution in [-0.2, 0) is 9.53 Å². The Morgan fingerprint density at radius 1 is 0.953 bits per heavy atom. The lowest BCUT2D eigenvalue weighted by molar-refractivity contribution is -0.121. The lowest BCUT2D eigenvalue weighted by atomic mass is 9.99. The van der Waals surface area contributed by atoms with E-state index in [0.29, 0.717) is 23.9 Å². The summed E-state index contributed by atoms with van der Waals surface area (Å²) in [5, 5.41) is 16.4. The van der Waals surface area contributed by atoms with Crippen molar-refractivity contribution in [2.45, 2.75) is 98.1 Å². The van der Waals surface area contributed by atoms with Crippen LogP contribution in [0.3, 0.4) is 0 Å². The number of aromatic nitrogens is 3. The van der Waals surface area contributed by atoms with E-state index < -0.39 is 11.6 Å². The van der Waals surface area contributed by atoms with Crippen LogP contribution in [0.1, 0.15) is 105 Å². The summed E-state index contributed by atoms with van der Waals surface area (Å²) in [6.45, 7) is 13.0. The number of unbranched alkanes of at least 4 members (excludes halogenated alkanes) is 5. The van der Waals surface area contributed by atoms with Gasteiger partial charge in [0.1, 0.15) is 22.5 Å². The second kappa shape index (κ2) is 14.5. The molecule has 3 aromatic rings. The van der Waals surface area contributed by atoms with Crippen LogP contribution in [0.2, 0.25) is 5.02 Å². The first-order valence-electron chi connectivity index (χ1n) is 15.0. The van der Waals surface area contributed by atoms with Crippen molar-refractivity contribution in [3.8, 4) is 5.00 Å². The Bertz CT molecular complexity index is 1450. The van der Waals surface area contributed by atoms with E-state index in [4.69, 9.17) is 21.3 Å². The number of thiophene rings is 1. The molecule has 0 radical (unpaired) electrons. The van der Waals surface area contributed by atoms with Gasteiger partial charge in [-0.15, -0.1) is 21.5 Å². The fourth-order valence-electron chi connectivity index (χ4n) is 5.07. The summed E-state index contributed by atoms with van der Waals surface area (Å²) in [4.78, 5) is 31.2. The van der Waals surface area contributed by atoms with Gasteiger partial charge in [0, 0.05) is 34.1 Å². The Morgan fingerprint density at radius 2 is 1.58 bits per heavy atom. The van der Waals surface area contributed by atoms with Crippen LogP contribution in [0.4, 0.5) is 4.79 Å². The van der Waals surface area contributed by atoms with Crippen LogP contribution in [0, 0.1) is 20.8 Å². The number of alkyl carbamates (subject to hydrolysis) is 1. The van der Waals surface area contributed by atoms with Gasteiger partial charge in [-0.3, -0.25) is 14.4 Å². The molecule has 1 atom stereocenters. The molecule has 0 saturated carbocycles. The Labute approximate surface area is 263 Å². The summed E-state index contributed by atoms with van der Waals surface area (Å²) >= 11 is 7.89. The number of ether oxygens (including phenoxy) is 1. The number of fused-ring (bicyclic) bond motifs is 3.